The maximum Gasteiger partial charge on any atom is 0.573 e. The van der Waals surface area contributed by atoms with Gasteiger partial charge in [-0.3, -0.25) is 4.90 Å². The average molecular weight is 427 g/mol. The molecule has 1 aliphatic rings. The predicted molar refractivity (Wildman–Crippen MR) is 102 cm³/mol. The van der Waals surface area contributed by atoms with Crippen molar-refractivity contribution in [1.29, 1.82) is 0 Å². The minimum absolute atomic E-state index is 0. The molecule has 27 heavy (non-hydrogen) atoms. The van der Waals surface area contributed by atoms with Crippen LogP contribution < -0.4 is 10.1 Å². The molecular formula is C18H23Cl2F3N2O2. The molecule has 3 rings (SSSR count). The van der Waals surface area contributed by atoms with Gasteiger partial charge in [0.05, 0.1) is 6.04 Å². The Labute approximate surface area is 168 Å². The van der Waals surface area contributed by atoms with E-state index in [1.165, 1.54) is 12.1 Å². The van der Waals surface area contributed by atoms with Gasteiger partial charge in [-0.2, -0.15) is 0 Å². The summed E-state index contributed by atoms with van der Waals surface area (Å²) in [7, 11) is 0. The Hall–Kier alpha value is -1.41. The van der Waals surface area contributed by atoms with Crippen LogP contribution in [0.25, 0.3) is 0 Å². The van der Waals surface area contributed by atoms with Gasteiger partial charge in [-0.15, -0.1) is 38.0 Å². The topological polar surface area (TPSA) is 37.6 Å². The van der Waals surface area contributed by atoms with Gasteiger partial charge in [0.25, 0.3) is 0 Å². The first-order chi connectivity index (χ1) is 12.0. The van der Waals surface area contributed by atoms with Crippen molar-refractivity contribution >= 4 is 24.8 Å². The summed E-state index contributed by atoms with van der Waals surface area (Å²) in [5.41, 5.74) is 0.883. The van der Waals surface area contributed by atoms with Crippen LogP contribution in [0.2, 0.25) is 0 Å². The third-order valence-corrected chi connectivity index (χ3v) is 4.25. The van der Waals surface area contributed by atoms with E-state index in [2.05, 4.69) is 15.0 Å². The van der Waals surface area contributed by atoms with E-state index in [-0.39, 0.29) is 36.6 Å². The highest BCUT2D eigenvalue weighted by atomic mass is 35.5. The minimum Gasteiger partial charge on any atom is -0.464 e. The van der Waals surface area contributed by atoms with Crippen LogP contribution >= 0.6 is 24.8 Å². The number of piperazine rings is 1. The van der Waals surface area contributed by atoms with Crippen LogP contribution in [0, 0.1) is 0 Å². The average Bonchev–Trinajstić information content (AvgIpc) is 3.05. The number of aryl methyl sites for hydroxylation is 1. The van der Waals surface area contributed by atoms with Crippen LogP contribution in [-0.2, 0) is 6.42 Å². The molecular weight excluding hydrogens is 404 g/mol. The van der Waals surface area contributed by atoms with Crippen LogP contribution in [-0.4, -0.2) is 37.4 Å². The van der Waals surface area contributed by atoms with Crippen molar-refractivity contribution in [2.24, 2.45) is 0 Å². The summed E-state index contributed by atoms with van der Waals surface area (Å²) in [6.07, 6.45) is -3.89. The summed E-state index contributed by atoms with van der Waals surface area (Å²) in [4.78, 5) is 2.27. The number of ether oxygens (including phenoxy) is 1. The number of nitrogens with one attached hydrogen (secondary N) is 1. The number of hydrogen-bond acceptors (Lipinski definition) is 4. The van der Waals surface area contributed by atoms with E-state index in [4.69, 9.17) is 4.42 Å². The first-order valence-corrected chi connectivity index (χ1v) is 8.35. The number of furan rings is 1. The Bertz CT molecular complexity index is 687. The molecule has 1 saturated heterocycles. The molecule has 1 N–H and O–H groups in total. The van der Waals surface area contributed by atoms with Crippen LogP contribution in [0.1, 0.15) is 30.0 Å². The molecule has 0 saturated carbocycles. The molecule has 0 bridgehead atoms. The monoisotopic (exact) mass is 426 g/mol. The normalized spacial score (nSPS) is 16.1. The van der Waals surface area contributed by atoms with Crippen molar-refractivity contribution in [1.82, 2.24) is 10.2 Å². The quantitative estimate of drug-likeness (QED) is 0.759. The van der Waals surface area contributed by atoms with Crippen molar-refractivity contribution in [3.8, 4) is 5.75 Å². The molecule has 1 aliphatic heterocycles. The first kappa shape index (κ1) is 23.6. The second-order valence-electron chi connectivity index (χ2n) is 5.96. The Morgan fingerprint density at radius 1 is 1.07 bits per heavy atom. The molecule has 152 valence electrons. The van der Waals surface area contributed by atoms with Gasteiger partial charge in [-0.05, 0) is 29.8 Å². The van der Waals surface area contributed by atoms with E-state index in [1.807, 2.05) is 19.1 Å². The Kier molecular flexibility index (Phi) is 8.94. The molecule has 0 unspecified atom stereocenters. The van der Waals surface area contributed by atoms with Crippen LogP contribution in [0.4, 0.5) is 13.2 Å². The molecule has 1 fully saturated rings. The summed E-state index contributed by atoms with van der Waals surface area (Å²) in [5, 5.41) is 3.31. The fraction of sp³-hybridized carbons (Fsp3) is 0.444. The highest BCUT2D eigenvalue weighted by Crippen LogP contribution is 2.32. The van der Waals surface area contributed by atoms with E-state index in [0.29, 0.717) is 0 Å². The lowest BCUT2D eigenvalue weighted by Gasteiger charge is -2.34. The van der Waals surface area contributed by atoms with E-state index >= 15 is 0 Å². The number of rotatable bonds is 5. The zero-order valence-electron chi connectivity index (χ0n) is 14.8. The molecule has 0 amide bonds. The van der Waals surface area contributed by atoms with Gasteiger partial charge < -0.3 is 14.5 Å². The SMILES string of the molecule is CCc1ccc([C@H](c2ccc(OC(F)(F)F)cc2)N2CCNCC2)o1.Cl.Cl. The van der Waals surface area contributed by atoms with Crippen molar-refractivity contribution in [3.05, 3.63) is 53.5 Å². The van der Waals surface area contributed by atoms with Gasteiger partial charge in [0.1, 0.15) is 17.3 Å². The standard InChI is InChI=1S/C18H21F3N2O2.2ClH/c1-2-14-7-8-16(24-14)17(23-11-9-22-10-12-23)13-3-5-15(6-4-13)25-18(19,20)21;;/h3-8,17,22H,2,9-12H2,1H3;2*1H/t17-;;/m0../s1. The molecule has 1 aromatic carbocycles. The largest absolute Gasteiger partial charge is 0.573 e. The van der Waals surface area contributed by atoms with Crippen molar-refractivity contribution < 1.29 is 22.3 Å². The van der Waals surface area contributed by atoms with Gasteiger partial charge in [0, 0.05) is 32.6 Å². The predicted octanol–water partition coefficient (Wildman–Crippen LogP) is 4.58. The van der Waals surface area contributed by atoms with Crippen LogP contribution in [0.5, 0.6) is 5.75 Å². The van der Waals surface area contributed by atoms with Crippen molar-refractivity contribution in [3.63, 3.8) is 0 Å². The second kappa shape index (κ2) is 10.2. The van der Waals surface area contributed by atoms with E-state index in [0.717, 1.165) is 49.7 Å². The Morgan fingerprint density at radius 3 is 2.22 bits per heavy atom. The zero-order valence-corrected chi connectivity index (χ0v) is 16.4. The minimum atomic E-state index is -4.68. The Morgan fingerprint density at radius 2 is 1.70 bits per heavy atom. The number of nitrogens with zero attached hydrogens (tertiary/aromatic N) is 1. The molecule has 0 aliphatic carbocycles. The fourth-order valence-electron chi connectivity index (χ4n) is 3.08. The third-order valence-electron chi connectivity index (χ3n) is 4.25. The molecule has 4 nitrogen and oxygen atoms in total. The van der Waals surface area contributed by atoms with Gasteiger partial charge in [0.2, 0.25) is 0 Å². The van der Waals surface area contributed by atoms with E-state index in [1.54, 1.807) is 12.1 Å². The number of halogens is 5. The molecule has 0 radical (unpaired) electrons. The van der Waals surface area contributed by atoms with Gasteiger partial charge >= 0.3 is 6.36 Å². The molecule has 2 heterocycles. The van der Waals surface area contributed by atoms with Gasteiger partial charge in [-0.25, -0.2) is 0 Å². The third kappa shape index (κ3) is 6.31. The molecule has 2 aromatic rings. The summed E-state index contributed by atoms with van der Waals surface area (Å²) in [6.45, 7) is 5.44. The highest BCUT2D eigenvalue weighted by Gasteiger charge is 2.31. The zero-order chi connectivity index (χ0) is 17.9. The number of benzene rings is 1. The van der Waals surface area contributed by atoms with E-state index < -0.39 is 6.36 Å². The summed E-state index contributed by atoms with van der Waals surface area (Å²) in [6, 6.07) is 9.81. The molecule has 9 heteroatoms. The number of hydrogen-bond donors (Lipinski definition) is 1. The fourth-order valence-corrected chi connectivity index (χ4v) is 3.08. The molecule has 0 spiro atoms. The summed E-state index contributed by atoms with van der Waals surface area (Å²) in [5.74, 6) is 1.49. The highest BCUT2D eigenvalue weighted by molar-refractivity contribution is 5.85. The smallest absolute Gasteiger partial charge is 0.464 e. The molecule has 1 aromatic heterocycles. The maximum atomic E-state index is 12.3. The Balaban J connectivity index is 0.00000182. The summed E-state index contributed by atoms with van der Waals surface area (Å²) < 4.78 is 46.9. The lowest BCUT2D eigenvalue weighted by molar-refractivity contribution is -0.274. The lowest BCUT2D eigenvalue weighted by Crippen LogP contribution is -2.45. The van der Waals surface area contributed by atoms with Crippen molar-refractivity contribution in [2.75, 3.05) is 26.2 Å². The van der Waals surface area contributed by atoms with Crippen LogP contribution in [0.3, 0.4) is 0 Å². The first-order valence-electron chi connectivity index (χ1n) is 8.35. The summed E-state index contributed by atoms with van der Waals surface area (Å²) >= 11 is 0. The van der Waals surface area contributed by atoms with E-state index in [9.17, 15) is 13.2 Å². The maximum absolute atomic E-state index is 12.3. The second-order valence-corrected chi connectivity index (χ2v) is 5.96. The lowest BCUT2D eigenvalue weighted by atomic mass is 10.0. The van der Waals surface area contributed by atoms with Gasteiger partial charge in [0.15, 0.2) is 0 Å². The number of alkyl halides is 3. The van der Waals surface area contributed by atoms with Crippen LogP contribution in [0.15, 0.2) is 40.8 Å². The van der Waals surface area contributed by atoms with Gasteiger partial charge in [-0.1, -0.05) is 19.1 Å². The van der Waals surface area contributed by atoms with Crippen molar-refractivity contribution in [2.45, 2.75) is 25.7 Å². The molecule has 1 atom stereocenters.